The summed E-state index contributed by atoms with van der Waals surface area (Å²) in [5.41, 5.74) is 1.44. The molecule has 0 fully saturated rings. The zero-order valence-electron chi connectivity index (χ0n) is 12.1. The summed E-state index contributed by atoms with van der Waals surface area (Å²) in [6.07, 6.45) is 0. The Morgan fingerprint density at radius 3 is 2.19 bits per heavy atom. The fourth-order valence-electron chi connectivity index (χ4n) is 2.15. The summed E-state index contributed by atoms with van der Waals surface area (Å²) in [5, 5.41) is 9.38. The van der Waals surface area contributed by atoms with E-state index < -0.39 is 5.97 Å². The molecule has 0 spiro atoms. The first-order valence-electron chi connectivity index (χ1n) is 6.81. The van der Waals surface area contributed by atoms with Crippen LogP contribution in [0, 0.1) is 6.07 Å². The number of carbonyl (C=O) groups is 1. The maximum Gasteiger partial charge on any atom is 0.336 e. The van der Waals surface area contributed by atoms with E-state index in [0.717, 1.165) is 0 Å². The number of hydrogen-bond donors (Lipinski definition) is 1. The summed E-state index contributed by atoms with van der Waals surface area (Å²) in [6, 6.07) is 13.2. The van der Waals surface area contributed by atoms with E-state index in [0.29, 0.717) is 35.8 Å². The molecule has 2 rings (SSSR count). The van der Waals surface area contributed by atoms with Crippen molar-refractivity contribution >= 4 is 5.97 Å². The van der Waals surface area contributed by atoms with Crippen molar-refractivity contribution < 1.29 is 19.4 Å². The normalized spacial score (nSPS) is 10.2. The number of aromatic carboxylic acids is 1. The van der Waals surface area contributed by atoms with Crippen LogP contribution in [0.3, 0.4) is 0 Å². The van der Waals surface area contributed by atoms with E-state index in [4.69, 9.17) is 9.47 Å². The molecule has 0 aliphatic carbocycles. The first-order chi connectivity index (χ1) is 10.2. The lowest BCUT2D eigenvalue weighted by molar-refractivity contribution is 0.0697. The molecule has 2 aromatic carbocycles. The zero-order valence-corrected chi connectivity index (χ0v) is 12.1. The molecule has 4 nitrogen and oxygen atoms in total. The summed E-state index contributed by atoms with van der Waals surface area (Å²) < 4.78 is 11.2. The van der Waals surface area contributed by atoms with Crippen LogP contribution in [0.15, 0.2) is 36.4 Å². The largest absolute Gasteiger partial charge is 0.493 e. The maximum atomic E-state index is 11.4. The fourth-order valence-corrected chi connectivity index (χ4v) is 2.15. The third-order valence-electron chi connectivity index (χ3n) is 2.95. The van der Waals surface area contributed by atoms with Crippen molar-refractivity contribution in [1.82, 2.24) is 0 Å². The van der Waals surface area contributed by atoms with Gasteiger partial charge >= 0.3 is 5.97 Å². The highest BCUT2D eigenvalue weighted by atomic mass is 16.5. The fraction of sp³-hybridized carbons (Fsp3) is 0.235. The van der Waals surface area contributed by atoms with Gasteiger partial charge in [-0.15, -0.1) is 0 Å². The molecule has 0 unspecified atom stereocenters. The van der Waals surface area contributed by atoms with Crippen molar-refractivity contribution in [2.24, 2.45) is 0 Å². The van der Waals surface area contributed by atoms with Gasteiger partial charge in [0.05, 0.1) is 24.3 Å². The topological polar surface area (TPSA) is 55.8 Å². The molecule has 21 heavy (non-hydrogen) atoms. The molecule has 0 saturated heterocycles. The van der Waals surface area contributed by atoms with E-state index >= 15 is 0 Å². The lowest BCUT2D eigenvalue weighted by Crippen LogP contribution is -2.03. The van der Waals surface area contributed by atoms with Crippen molar-refractivity contribution in [2.45, 2.75) is 13.8 Å². The maximum absolute atomic E-state index is 11.4. The Morgan fingerprint density at radius 2 is 1.67 bits per heavy atom. The Morgan fingerprint density at radius 1 is 1.10 bits per heavy atom. The van der Waals surface area contributed by atoms with Crippen LogP contribution in [-0.4, -0.2) is 24.3 Å². The number of carboxylic acid groups (broad SMARTS) is 1. The van der Waals surface area contributed by atoms with Crippen LogP contribution in [-0.2, 0) is 0 Å². The second-order valence-corrected chi connectivity index (χ2v) is 4.28. The number of hydrogen-bond acceptors (Lipinski definition) is 3. The number of benzene rings is 2. The van der Waals surface area contributed by atoms with Gasteiger partial charge in [0.15, 0.2) is 0 Å². The van der Waals surface area contributed by atoms with Gasteiger partial charge in [-0.25, -0.2) is 4.79 Å². The Labute approximate surface area is 123 Å². The molecule has 0 aromatic heterocycles. The second kappa shape index (κ2) is 6.79. The van der Waals surface area contributed by atoms with E-state index in [1.807, 2.05) is 13.8 Å². The van der Waals surface area contributed by atoms with Crippen LogP contribution in [0.5, 0.6) is 11.5 Å². The predicted octanol–water partition coefficient (Wildman–Crippen LogP) is 3.65. The summed E-state index contributed by atoms with van der Waals surface area (Å²) >= 11 is 0. The average molecular weight is 285 g/mol. The van der Waals surface area contributed by atoms with Crippen LogP contribution >= 0.6 is 0 Å². The molecule has 0 atom stereocenters. The predicted molar refractivity (Wildman–Crippen MR) is 80.0 cm³/mol. The first kappa shape index (κ1) is 14.9. The van der Waals surface area contributed by atoms with Gasteiger partial charge < -0.3 is 14.6 Å². The minimum Gasteiger partial charge on any atom is -0.493 e. The van der Waals surface area contributed by atoms with Gasteiger partial charge in [-0.2, -0.15) is 0 Å². The van der Waals surface area contributed by atoms with Gasteiger partial charge in [-0.05, 0) is 38.1 Å². The van der Waals surface area contributed by atoms with E-state index in [9.17, 15) is 9.90 Å². The third kappa shape index (κ3) is 3.16. The molecular weight excluding hydrogens is 268 g/mol. The highest BCUT2D eigenvalue weighted by Gasteiger charge is 2.19. The summed E-state index contributed by atoms with van der Waals surface area (Å²) in [7, 11) is 0. The summed E-state index contributed by atoms with van der Waals surface area (Å²) in [6.45, 7) is 4.71. The van der Waals surface area contributed by atoms with Gasteiger partial charge in [0.1, 0.15) is 11.5 Å². The monoisotopic (exact) mass is 285 g/mol. The molecular formula is C17H17O4. The molecule has 2 aromatic rings. The second-order valence-electron chi connectivity index (χ2n) is 4.28. The molecule has 0 aliphatic heterocycles. The molecule has 0 heterocycles. The van der Waals surface area contributed by atoms with Gasteiger partial charge in [-0.3, -0.25) is 0 Å². The SMILES string of the molecule is CCOc1c[c]cc(OCC)c1-c1ccccc1C(=O)O. The smallest absolute Gasteiger partial charge is 0.336 e. The van der Waals surface area contributed by atoms with Gasteiger partial charge in [0.25, 0.3) is 0 Å². The van der Waals surface area contributed by atoms with Crippen LogP contribution in [0.2, 0.25) is 0 Å². The van der Waals surface area contributed by atoms with Crippen LogP contribution in [0.4, 0.5) is 0 Å². The highest BCUT2D eigenvalue weighted by molar-refractivity contribution is 5.98. The summed E-state index contributed by atoms with van der Waals surface area (Å²) in [5.74, 6) is 0.151. The lowest BCUT2D eigenvalue weighted by atomic mass is 9.98. The average Bonchev–Trinajstić information content (AvgIpc) is 2.48. The third-order valence-corrected chi connectivity index (χ3v) is 2.95. The number of ether oxygens (including phenoxy) is 2. The lowest BCUT2D eigenvalue weighted by Gasteiger charge is -2.16. The molecule has 4 heteroatoms. The Bertz CT molecular complexity index is 610. The van der Waals surface area contributed by atoms with E-state index in [1.54, 1.807) is 36.4 Å². The van der Waals surface area contributed by atoms with Crippen LogP contribution in [0.1, 0.15) is 24.2 Å². The van der Waals surface area contributed by atoms with Crippen LogP contribution in [0.25, 0.3) is 11.1 Å². The van der Waals surface area contributed by atoms with Crippen molar-refractivity contribution in [2.75, 3.05) is 13.2 Å². The van der Waals surface area contributed by atoms with E-state index in [2.05, 4.69) is 6.07 Å². The quantitative estimate of drug-likeness (QED) is 0.880. The van der Waals surface area contributed by atoms with Crippen molar-refractivity contribution in [1.29, 1.82) is 0 Å². The van der Waals surface area contributed by atoms with Crippen molar-refractivity contribution in [3.8, 4) is 22.6 Å². The molecule has 0 saturated carbocycles. The molecule has 0 aliphatic rings. The van der Waals surface area contributed by atoms with Crippen molar-refractivity contribution in [3.05, 3.63) is 48.0 Å². The van der Waals surface area contributed by atoms with Crippen molar-refractivity contribution in [3.63, 3.8) is 0 Å². The molecule has 109 valence electrons. The first-order valence-corrected chi connectivity index (χ1v) is 6.81. The zero-order chi connectivity index (χ0) is 15.2. The van der Waals surface area contributed by atoms with E-state index in [1.165, 1.54) is 0 Å². The number of rotatable bonds is 6. The minimum atomic E-state index is -0.983. The molecule has 1 N–H and O–H groups in total. The van der Waals surface area contributed by atoms with Gasteiger partial charge in [-0.1, -0.05) is 18.2 Å². The Hall–Kier alpha value is -2.49. The standard InChI is InChI=1S/C17H17O4/c1-3-20-14-10-7-11-15(21-4-2)16(14)12-8-5-6-9-13(12)17(18)19/h5-6,8-11H,3-4H2,1-2H3,(H,18,19). The highest BCUT2D eigenvalue weighted by Crippen LogP contribution is 2.40. The van der Waals surface area contributed by atoms with Gasteiger partial charge in [0.2, 0.25) is 0 Å². The molecule has 1 radical (unpaired) electrons. The molecule has 0 amide bonds. The van der Waals surface area contributed by atoms with E-state index in [-0.39, 0.29) is 5.56 Å². The Balaban J connectivity index is 2.68. The van der Waals surface area contributed by atoms with Crippen LogP contribution < -0.4 is 9.47 Å². The number of carboxylic acids is 1. The Kier molecular flexibility index (Phi) is 4.82. The van der Waals surface area contributed by atoms with Gasteiger partial charge in [0, 0.05) is 5.56 Å². The summed E-state index contributed by atoms with van der Waals surface area (Å²) in [4.78, 5) is 11.4. The molecule has 0 bridgehead atoms. The minimum absolute atomic E-state index is 0.214.